The molecule has 0 atom stereocenters. The van der Waals surface area contributed by atoms with Gasteiger partial charge in [-0.1, -0.05) is 42.0 Å². The number of hydrogen-bond donors (Lipinski definition) is 2. The lowest BCUT2D eigenvalue weighted by Crippen LogP contribution is -2.17. The van der Waals surface area contributed by atoms with Gasteiger partial charge in [0, 0.05) is 11.3 Å². The van der Waals surface area contributed by atoms with E-state index in [2.05, 4.69) is 10.0 Å². The number of amides is 1. The molecule has 0 heterocycles. The van der Waals surface area contributed by atoms with Gasteiger partial charge in [-0.05, 0) is 80.1 Å². The molecule has 0 fully saturated rings. The van der Waals surface area contributed by atoms with Gasteiger partial charge in [-0.15, -0.1) is 0 Å². The van der Waals surface area contributed by atoms with Gasteiger partial charge in [0.2, 0.25) is 0 Å². The molecule has 0 aliphatic rings. The van der Waals surface area contributed by atoms with Gasteiger partial charge in [0.1, 0.15) is 11.5 Å². The summed E-state index contributed by atoms with van der Waals surface area (Å²) in [5.74, 6) is 1.03. The van der Waals surface area contributed by atoms with Gasteiger partial charge < -0.3 is 10.1 Å². The largest absolute Gasteiger partial charge is 0.457 e. The lowest BCUT2D eigenvalue weighted by atomic mass is 10.1. The van der Waals surface area contributed by atoms with Crippen LogP contribution in [0, 0.1) is 13.8 Å². The molecule has 0 unspecified atom stereocenters. The first-order valence-electron chi connectivity index (χ1n) is 10.7. The number of rotatable bonds is 7. The van der Waals surface area contributed by atoms with E-state index >= 15 is 0 Å². The Hall–Kier alpha value is -4.10. The third-order valence-corrected chi connectivity index (χ3v) is 6.63. The third-order valence-electron chi connectivity index (χ3n) is 5.25. The lowest BCUT2D eigenvalue weighted by molar-refractivity contribution is 0.102. The van der Waals surface area contributed by atoms with Crippen LogP contribution < -0.4 is 14.8 Å². The highest BCUT2D eigenvalue weighted by atomic mass is 32.2. The second kappa shape index (κ2) is 9.80. The number of anilines is 2. The Labute approximate surface area is 199 Å². The molecule has 4 rings (SSSR count). The van der Waals surface area contributed by atoms with Crippen LogP contribution in [0.1, 0.15) is 21.5 Å². The van der Waals surface area contributed by atoms with Crippen LogP contribution in [0.15, 0.2) is 102 Å². The topological polar surface area (TPSA) is 84.5 Å². The van der Waals surface area contributed by atoms with E-state index in [0.29, 0.717) is 28.3 Å². The maximum Gasteiger partial charge on any atom is 0.261 e. The second-order valence-electron chi connectivity index (χ2n) is 7.79. The fourth-order valence-corrected chi connectivity index (χ4v) is 4.47. The van der Waals surface area contributed by atoms with Crippen LogP contribution in [0.3, 0.4) is 0 Å². The molecule has 0 aliphatic heterocycles. The molecule has 2 N–H and O–H groups in total. The first-order valence-corrected chi connectivity index (χ1v) is 12.1. The summed E-state index contributed by atoms with van der Waals surface area (Å²) in [5.41, 5.74) is 2.80. The van der Waals surface area contributed by atoms with Crippen molar-refractivity contribution in [2.45, 2.75) is 18.7 Å². The molecule has 1 amide bonds. The molecule has 0 radical (unpaired) electrons. The highest BCUT2D eigenvalue weighted by Crippen LogP contribution is 2.25. The number of carbonyl (C=O) groups excluding carboxylic acids is 1. The monoisotopic (exact) mass is 472 g/mol. The maximum absolute atomic E-state index is 12.9. The Bertz CT molecular complexity index is 1400. The first kappa shape index (κ1) is 23.1. The summed E-state index contributed by atoms with van der Waals surface area (Å²) in [6, 6.07) is 27.9. The Morgan fingerprint density at radius 1 is 0.735 bits per heavy atom. The van der Waals surface area contributed by atoms with E-state index in [1.54, 1.807) is 73.7 Å². The standard InChI is InChI=1S/C27H24N2O4S/c1-19-11-17-24(18-12-19)34(31,32)29-26-10-6-9-25(20(26)2)27(30)28-21-13-15-23(16-14-21)33-22-7-4-3-5-8-22/h3-18,29H,1-2H3,(H,28,30). The second-order valence-corrected chi connectivity index (χ2v) is 9.47. The van der Waals surface area contributed by atoms with Crippen LogP contribution in [-0.2, 0) is 10.0 Å². The number of hydrogen-bond acceptors (Lipinski definition) is 4. The number of nitrogens with one attached hydrogen (secondary N) is 2. The third kappa shape index (κ3) is 5.44. The molecule has 0 saturated carbocycles. The van der Waals surface area contributed by atoms with Crippen molar-refractivity contribution in [2.75, 3.05) is 10.0 Å². The summed E-state index contributed by atoms with van der Waals surface area (Å²) in [6.45, 7) is 3.60. The molecule has 34 heavy (non-hydrogen) atoms. The molecule has 0 spiro atoms. The first-order chi connectivity index (χ1) is 16.3. The highest BCUT2D eigenvalue weighted by molar-refractivity contribution is 7.92. The summed E-state index contributed by atoms with van der Waals surface area (Å²) in [5, 5.41) is 2.85. The molecule has 172 valence electrons. The summed E-state index contributed by atoms with van der Waals surface area (Å²) in [6.07, 6.45) is 0. The fraction of sp³-hybridized carbons (Fsp3) is 0.0741. The van der Waals surface area contributed by atoms with Gasteiger partial charge in [-0.25, -0.2) is 8.42 Å². The van der Waals surface area contributed by atoms with Crippen molar-refractivity contribution in [1.29, 1.82) is 0 Å². The zero-order chi connectivity index (χ0) is 24.1. The number of para-hydroxylation sites is 1. The number of carbonyl (C=O) groups is 1. The Kier molecular flexibility index (Phi) is 6.65. The fourth-order valence-electron chi connectivity index (χ4n) is 3.34. The predicted octanol–water partition coefficient (Wildman–Crippen LogP) is 6.15. The minimum Gasteiger partial charge on any atom is -0.457 e. The number of ether oxygens (including phenoxy) is 1. The Morgan fingerprint density at radius 3 is 2.06 bits per heavy atom. The van der Waals surface area contributed by atoms with Crippen LogP contribution >= 0.6 is 0 Å². The van der Waals surface area contributed by atoms with Crippen molar-refractivity contribution >= 4 is 27.3 Å². The normalized spacial score (nSPS) is 11.0. The van der Waals surface area contributed by atoms with Crippen molar-refractivity contribution in [3.05, 3.63) is 114 Å². The molecule has 7 heteroatoms. The molecule has 0 aliphatic carbocycles. The smallest absolute Gasteiger partial charge is 0.261 e. The Morgan fingerprint density at radius 2 is 1.38 bits per heavy atom. The summed E-state index contributed by atoms with van der Waals surface area (Å²) in [7, 11) is -3.78. The number of sulfonamides is 1. The molecule has 0 bridgehead atoms. The van der Waals surface area contributed by atoms with E-state index in [1.807, 2.05) is 37.3 Å². The molecular formula is C27H24N2O4S. The van der Waals surface area contributed by atoms with E-state index < -0.39 is 10.0 Å². The van der Waals surface area contributed by atoms with Crippen LogP contribution in [0.2, 0.25) is 0 Å². The predicted molar refractivity (Wildman–Crippen MR) is 134 cm³/mol. The maximum atomic E-state index is 12.9. The Balaban J connectivity index is 1.47. The van der Waals surface area contributed by atoms with Crippen molar-refractivity contribution < 1.29 is 17.9 Å². The zero-order valence-electron chi connectivity index (χ0n) is 18.8. The summed E-state index contributed by atoms with van der Waals surface area (Å²) in [4.78, 5) is 13.1. The van der Waals surface area contributed by atoms with Gasteiger partial charge in [-0.3, -0.25) is 9.52 Å². The number of benzene rings is 4. The molecule has 4 aromatic carbocycles. The zero-order valence-corrected chi connectivity index (χ0v) is 19.6. The molecule has 0 aromatic heterocycles. The quantitative estimate of drug-likeness (QED) is 0.338. The van der Waals surface area contributed by atoms with Crippen molar-refractivity contribution in [3.8, 4) is 11.5 Å². The molecule has 4 aromatic rings. The van der Waals surface area contributed by atoms with Gasteiger partial charge >= 0.3 is 0 Å². The van der Waals surface area contributed by atoms with E-state index in [4.69, 9.17) is 4.74 Å². The van der Waals surface area contributed by atoms with Crippen LogP contribution in [0.5, 0.6) is 11.5 Å². The van der Waals surface area contributed by atoms with Gasteiger partial charge in [0.05, 0.1) is 10.6 Å². The molecule has 6 nitrogen and oxygen atoms in total. The van der Waals surface area contributed by atoms with E-state index in [9.17, 15) is 13.2 Å². The number of aryl methyl sites for hydroxylation is 1. The summed E-state index contributed by atoms with van der Waals surface area (Å²) >= 11 is 0. The molecular weight excluding hydrogens is 448 g/mol. The minimum absolute atomic E-state index is 0.158. The minimum atomic E-state index is -3.78. The van der Waals surface area contributed by atoms with E-state index in [-0.39, 0.29) is 10.8 Å². The SMILES string of the molecule is Cc1ccc(S(=O)(=O)Nc2cccc(C(=O)Nc3ccc(Oc4ccccc4)cc3)c2C)cc1. The van der Waals surface area contributed by atoms with Crippen LogP contribution in [0.4, 0.5) is 11.4 Å². The van der Waals surface area contributed by atoms with Gasteiger partial charge in [0.25, 0.3) is 15.9 Å². The molecule has 0 saturated heterocycles. The van der Waals surface area contributed by atoms with Gasteiger partial charge in [0.15, 0.2) is 0 Å². The van der Waals surface area contributed by atoms with Crippen LogP contribution in [0.25, 0.3) is 0 Å². The average molecular weight is 473 g/mol. The van der Waals surface area contributed by atoms with E-state index in [1.165, 1.54) is 0 Å². The highest BCUT2D eigenvalue weighted by Gasteiger charge is 2.18. The van der Waals surface area contributed by atoms with Crippen molar-refractivity contribution in [2.24, 2.45) is 0 Å². The van der Waals surface area contributed by atoms with Crippen molar-refractivity contribution in [1.82, 2.24) is 0 Å². The van der Waals surface area contributed by atoms with Crippen molar-refractivity contribution in [3.63, 3.8) is 0 Å². The van der Waals surface area contributed by atoms with Gasteiger partial charge in [-0.2, -0.15) is 0 Å². The average Bonchev–Trinajstić information content (AvgIpc) is 2.82. The van der Waals surface area contributed by atoms with Crippen LogP contribution in [-0.4, -0.2) is 14.3 Å². The summed E-state index contributed by atoms with van der Waals surface area (Å²) < 4.78 is 33.9. The van der Waals surface area contributed by atoms with E-state index in [0.717, 1.165) is 11.3 Å². The lowest BCUT2D eigenvalue weighted by Gasteiger charge is -2.14.